The van der Waals surface area contributed by atoms with Gasteiger partial charge in [0.25, 0.3) is 0 Å². The molecule has 0 aliphatic carbocycles. The van der Waals surface area contributed by atoms with Crippen molar-refractivity contribution in [2.24, 2.45) is 10.4 Å². The van der Waals surface area contributed by atoms with Crippen LogP contribution in [0.3, 0.4) is 0 Å². The summed E-state index contributed by atoms with van der Waals surface area (Å²) in [5.74, 6) is -0.553. The number of nitrogens with zero attached hydrogens (tertiary/aromatic N) is 3. The molecule has 3 aromatic rings. The summed E-state index contributed by atoms with van der Waals surface area (Å²) in [6, 6.07) is 13.8. The minimum absolute atomic E-state index is 0.0961. The topological polar surface area (TPSA) is 102 Å². The van der Waals surface area contributed by atoms with Gasteiger partial charge >= 0.3 is 6.09 Å². The molecule has 0 radical (unpaired) electrons. The van der Waals surface area contributed by atoms with E-state index >= 15 is 4.39 Å². The Morgan fingerprint density at radius 1 is 1.02 bits per heavy atom. The van der Waals surface area contributed by atoms with Gasteiger partial charge in [-0.15, -0.1) is 0 Å². The highest BCUT2D eigenvalue weighted by molar-refractivity contribution is 5.99. The molecule has 0 spiro atoms. The molecule has 0 saturated heterocycles. The third kappa shape index (κ3) is 11.0. The van der Waals surface area contributed by atoms with Crippen molar-refractivity contribution in [2.75, 3.05) is 18.6 Å². The average molecular weight is 675 g/mol. The first-order valence-corrected chi connectivity index (χ1v) is 16.5. The number of benzene rings is 2. The molecule has 2 aromatic carbocycles. The number of hydrogen-bond donors (Lipinski definition) is 1. The molecule has 1 atom stereocenters. The predicted molar refractivity (Wildman–Crippen MR) is 194 cm³/mol. The van der Waals surface area contributed by atoms with Crippen molar-refractivity contribution in [3.8, 4) is 11.3 Å². The number of carbonyl (C=O) groups excluding carboxylic acids is 2. The molecule has 0 aliphatic rings. The zero-order valence-electron chi connectivity index (χ0n) is 30.6. The van der Waals surface area contributed by atoms with Crippen molar-refractivity contribution < 1.29 is 28.2 Å². The molecule has 49 heavy (non-hydrogen) atoms. The second-order valence-corrected chi connectivity index (χ2v) is 13.9. The molecule has 2 amide bonds. The molecular weight excluding hydrogens is 623 g/mol. The number of aryl methyl sites for hydroxylation is 1. The van der Waals surface area contributed by atoms with E-state index in [1.165, 1.54) is 18.1 Å². The van der Waals surface area contributed by atoms with Crippen molar-refractivity contribution in [3.63, 3.8) is 0 Å². The van der Waals surface area contributed by atoms with Gasteiger partial charge in [0, 0.05) is 35.0 Å². The van der Waals surface area contributed by atoms with E-state index in [9.17, 15) is 9.59 Å². The van der Waals surface area contributed by atoms with Gasteiger partial charge in [-0.1, -0.05) is 64.6 Å². The molecule has 1 N–H and O–H groups in total. The Bertz CT molecular complexity index is 1640. The summed E-state index contributed by atoms with van der Waals surface area (Å²) in [5, 5.41) is 2.72. The average Bonchev–Trinajstić information content (AvgIpc) is 3.03. The van der Waals surface area contributed by atoms with E-state index in [0.717, 1.165) is 22.4 Å². The predicted octanol–water partition coefficient (Wildman–Crippen LogP) is 8.63. The highest BCUT2D eigenvalue weighted by Gasteiger charge is 2.30. The molecule has 9 nitrogen and oxygen atoms in total. The first-order chi connectivity index (χ1) is 23.0. The van der Waals surface area contributed by atoms with Gasteiger partial charge in [0.15, 0.2) is 5.90 Å². The lowest BCUT2D eigenvalue weighted by Gasteiger charge is -2.30. The van der Waals surface area contributed by atoms with Gasteiger partial charge in [0.1, 0.15) is 17.5 Å². The number of aromatic nitrogens is 1. The van der Waals surface area contributed by atoms with Gasteiger partial charge in [-0.05, 0) is 75.9 Å². The zero-order chi connectivity index (χ0) is 36.5. The number of methoxy groups -OCH3 is 1. The van der Waals surface area contributed by atoms with Crippen LogP contribution in [0.1, 0.15) is 84.1 Å². The molecule has 0 bridgehead atoms. The maximum Gasteiger partial charge on any atom is 0.408 e. The maximum atomic E-state index is 15.5. The summed E-state index contributed by atoms with van der Waals surface area (Å²) >= 11 is 0. The number of aliphatic imine (C=N–C) groups is 1. The molecule has 10 heteroatoms. The fourth-order valence-corrected chi connectivity index (χ4v) is 5.00. The standard InChI is InChI=1S/C39H51FN4O5/c1-12-32(43-37(46)49-39(8,9)10)35(45)44(23-28-16-19-33(41-22-28)29-17-14-27(15-18-29)24-48-13-2)34-21-30(31(40)20-25(34)3)26(4)42-36(47-11)38(5,6)7/h14-22,32H,4,12-13,23-24H2,1-3,5-11H3,(H,43,46)/t32-/m0/s1. The Morgan fingerprint density at radius 3 is 2.20 bits per heavy atom. The number of ether oxygens (including phenoxy) is 3. The van der Waals surface area contributed by atoms with Gasteiger partial charge in [0.2, 0.25) is 5.91 Å². The van der Waals surface area contributed by atoms with Gasteiger partial charge < -0.3 is 24.4 Å². The molecule has 1 heterocycles. The number of nitrogens with one attached hydrogen (secondary N) is 1. The van der Waals surface area contributed by atoms with Crippen LogP contribution in [-0.2, 0) is 32.2 Å². The van der Waals surface area contributed by atoms with Gasteiger partial charge in [0.05, 0.1) is 31.7 Å². The van der Waals surface area contributed by atoms with Crippen LogP contribution in [0.15, 0.2) is 66.3 Å². The number of anilines is 1. The van der Waals surface area contributed by atoms with E-state index < -0.39 is 34.9 Å². The summed E-state index contributed by atoms with van der Waals surface area (Å²) < 4.78 is 31.9. The number of amides is 2. The SMILES string of the molecule is C=C(N=C(OC)C(C)(C)C)c1cc(N(Cc2ccc(-c3ccc(COCC)cc3)nc2)C(=O)[C@H](CC)NC(=O)OC(C)(C)C)c(C)cc1F. The minimum Gasteiger partial charge on any atom is -0.484 e. The van der Waals surface area contributed by atoms with Gasteiger partial charge in [-0.2, -0.15) is 0 Å². The van der Waals surface area contributed by atoms with Crippen LogP contribution in [0, 0.1) is 18.2 Å². The fraction of sp³-hybridized carbons (Fsp3) is 0.436. The molecular formula is C39H51FN4O5. The minimum atomic E-state index is -0.924. The first kappa shape index (κ1) is 38.9. The van der Waals surface area contributed by atoms with Crippen LogP contribution in [0.4, 0.5) is 14.9 Å². The summed E-state index contributed by atoms with van der Waals surface area (Å²) in [5.41, 5.74) is 3.52. The number of hydrogen-bond acceptors (Lipinski definition) is 7. The van der Waals surface area contributed by atoms with Crippen molar-refractivity contribution in [3.05, 3.63) is 89.4 Å². The lowest BCUT2D eigenvalue weighted by molar-refractivity contribution is -0.120. The van der Waals surface area contributed by atoms with E-state index in [4.69, 9.17) is 14.2 Å². The lowest BCUT2D eigenvalue weighted by Crippen LogP contribution is -2.49. The number of carbonyl (C=O) groups is 2. The monoisotopic (exact) mass is 674 g/mol. The summed E-state index contributed by atoms with van der Waals surface area (Å²) in [4.78, 5) is 37.8. The van der Waals surface area contributed by atoms with Crippen molar-refractivity contribution in [2.45, 2.75) is 93.5 Å². The van der Waals surface area contributed by atoms with Crippen LogP contribution >= 0.6 is 0 Å². The van der Waals surface area contributed by atoms with Crippen LogP contribution in [0.25, 0.3) is 17.0 Å². The normalized spacial score (nSPS) is 12.7. The number of rotatable bonds is 12. The smallest absolute Gasteiger partial charge is 0.408 e. The highest BCUT2D eigenvalue weighted by Crippen LogP contribution is 2.32. The fourth-order valence-electron chi connectivity index (χ4n) is 5.00. The van der Waals surface area contributed by atoms with Crippen LogP contribution < -0.4 is 10.2 Å². The van der Waals surface area contributed by atoms with Crippen molar-refractivity contribution in [1.29, 1.82) is 0 Å². The molecule has 1 aromatic heterocycles. The van der Waals surface area contributed by atoms with Crippen LogP contribution in [0.2, 0.25) is 0 Å². The van der Waals surface area contributed by atoms with Crippen molar-refractivity contribution >= 4 is 29.3 Å². The van der Waals surface area contributed by atoms with E-state index in [1.807, 2.05) is 64.1 Å². The summed E-state index contributed by atoms with van der Waals surface area (Å²) in [7, 11) is 1.51. The number of alkyl carbamates (subject to hydrolysis) is 1. The molecule has 0 saturated carbocycles. The van der Waals surface area contributed by atoms with E-state index in [2.05, 4.69) is 21.9 Å². The number of pyridine rings is 1. The van der Waals surface area contributed by atoms with Gasteiger partial charge in [-0.3, -0.25) is 9.78 Å². The van der Waals surface area contributed by atoms with E-state index in [-0.39, 0.29) is 24.2 Å². The second-order valence-electron chi connectivity index (χ2n) is 13.9. The third-order valence-corrected chi connectivity index (χ3v) is 7.51. The lowest BCUT2D eigenvalue weighted by atomic mass is 9.96. The molecule has 0 aliphatic heterocycles. The quantitative estimate of drug-likeness (QED) is 0.152. The van der Waals surface area contributed by atoms with Gasteiger partial charge in [-0.25, -0.2) is 14.2 Å². The van der Waals surface area contributed by atoms with Crippen LogP contribution in [-0.4, -0.2) is 48.2 Å². The Morgan fingerprint density at radius 2 is 1.67 bits per heavy atom. The summed E-state index contributed by atoms with van der Waals surface area (Å²) in [6.45, 7) is 21.8. The second kappa shape index (κ2) is 16.7. The molecule has 264 valence electrons. The maximum absolute atomic E-state index is 15.5. The largest absolute Gasteiger partial charge is 0.484 e. The molecule has 0 fully saturated rings. The Balaban J connectivity index is 2.05. The zero-order valence-corrected chi connectivity index (χ0v) is 30.6. The van der Waals surface area contributed by atoms with E-state index in [0.29, 0.717) is 30.4 Å². The summed E-state index contributed by atoms with van der Waals surface area (Å²) in [6.07, 6.45) is 1.29. The Labute approximate surface area is 290 Å². The number of halogens is 1. The molecule has 0 unspecified atom stereocenters. The Kier molecular flexibility index (Phi) is 13.2. The third-order valence-electron chi connectivity index (χ3n) is 7.51. The first-order valence-electron chi connectivity index (χ1n) is 16.5. The Hall–Kier alpha value is -4.57. The van der Waals surface area contributed by atoms with Crippen LogP contribution in [0.5, 0.6) is 0 Å². The highest BCUT2D eigenvalue weighted by atomic mass is 19.1. The van der Waals surface area contributed by atoms with Crippen molar-refractivity contribution in [1.82, 2.24) is 10.3 Å². The molecule has 3 rings (SSSR count). The van der Waals surface area contributed by atoms with E-state index in [1.54, 1.807) is 46.9 Å².